The molecule has 0 bridgehead atoms. The van der Waals surface area contributed by atoms with E-state index in [0.29, 0.717) is 35.6 Å². The molecule has 0 radical (unpaired) electrons. The fraction of sp³-hybridized carbons (Fsp3) is 0.556. The van der Waals surface area contributed by atoms with Crippen molar-refractivity contribution >= 4 is 11.6 Å². The lowest BCUT2D eigenvalue weighted by Gasteiger charge is -2.16. The lowest BCUT2D eigenvalue weighted by atomic mass is 9.86. The largest absolute Gasteiger partial charge is 0.381 e. The number of Topliss-reactive ketones (excluding diaryl/α,β-unsaturated/α-hetero) is 2. The van der Waals surface area contributed by atoms with Gasteiger partial charge in [0, 0.05) is 25.6 Å². The molecular formula is C18H21FO3. The Morgan fingerprint density at radius 3 is 2.50 bits per heavy atom. The van der Waals surface area contributed by atoms with Gasteiger partial charge in [-0.1, -0.05) is 0 Å². The molecule has 0 spiro atoms. The monoisotopic (exact) mass is 304 g/mol. The van der Waals surface area contributed by atoms with Crippen LogP contribution >= 0.6 is 0 Å². The van der Waals surface area contributed by atoms with E-state index in [-0.39, 0.29) is 23.3 Å². The van der Waals surface area contributed by atoms with Gasteiger partial charge >= 0.3 is 0 Å². The molecule has 3 rings (SSSR count). The summed E-state index contributed by atoms with van der Waals surface area (Å²) >= 11 is 0. The molecule has 1 aromatic carbocycles. The van der Waals surface area contributed by atoms with Crippen molar-refractivity contribution in [1.29, 1.82) is 0 Å². The Hall–Kier alpha value is -1.55. The minimum absolute atomic E-state index is 0.00899. The zero-order valence-electron chi connectivity index (χ0n) is 13.0. The molecule has 1 aromatic rings. The summed E-state index contributed by atoms with van der Waals surface area (Å²) in [6, 6.07) is 2.81. The van der Waals surface area contributed by atoms with Crippen molar-refractivity contribution in [1.82, 2.24) is 0 Å². The van der Waals surface area contributed by atoms with Gasteiger partial charge in [0.2, 0.25) is 0 Å². The van der Waals surface area contributed by atoms with Gasteiger partial charge < -0.3 is 4.74 Å². The Morgan fingerprint density at radius 1 is 1.23 bits per heavy atom. The third-order valence-corrected chi connectivity index (χ3v) is 4.95. The predicted octanol–water partition coefficient (Wildman–Crippen LogP) is 3.11. The van der Waals surface area contributed by atoms with Crippen LogP contribution in [-0.4, -0.2) is 24.8 Å². The number of rotatable bonds is 3. The summed E-state index contributed by atoms with van der Waals surface area (Å²) in [5.74, 6) is -0.852. The molecule has 4 heteroatoms. The number of halogens is 1. The number of carbonyl (C=O) groups is 2. The first-order valence-electron chi connectivity index (χ1n) is 7.88. The number of aryl methyl sites for hydroxylation is 2. The lowest BCUT2D eigenvalue weighted by Crippen LogP contribution is -2.19. The van der Waals surface area contributed by atoms with E-state index in [0.717, 1.165) is 19.4 Å². The molecule has 3 nitrogen and oxygen atoms in total. The molecule has 1 heterocycles. The maximum absolute atomic E-state index is 13.5. The van der Waals surface area contributed by atoms with Crippen molar-refractivity contribution in [3.8, 4) is 0 Å². The molecule has 2 aliphatic rings. The van der Waals surface area contributed by atoms with Crippen LogP contribution in [0.1, 0.15) is 41.9 Å². The van der Waals surface area contributed by atoms with Crippen molar-refractivity contribution in [3.63, 3.8) is 0 Å². The van der Waals surface area contributed by atoms with Gasteiger partial charge in [0.1, 0.15) is 17.5 Å². The second-order valence-electron chi connectivity index (χ2n) is 6.62. The zero-order chi connectivity index (χ0) is 15.9. The highest BCUT2D eigenvalue weighted by Crippen LogP contribution is 2.39. The van der Waals surface area contributed by atoms with Gasteiger partial charge in [-0.3, -0.25) is 9.59 Å². The summed E-state index contributed by atoms with van der Waals surface area (Å²) in [6.07, 6.45) is 2.02. The van der Waals surface area contributed by atoms with E-state index >= 15 is 0 Å². The van der Waals surface area contributed by atoms with Crippen LogP contribution in [0.25, 0.3) is 0 Å². The second-order valence-corrected chi connectivity index (χ2v) is 6.62. The topological polar surface area (TPSA) is 43.4 Å². The van der Waals surface area contributed by atoms with E-state index in [4.69, 9.17) is 4.74 Å². The molecule has 1 aliphatic heterocycles. The average molecular weight is 304 g/mol. The molecule has 1 saturated heterocycles. The standard InChI is InChI=1S/C18H21FO3/c1-10-5-14(19)6-11(2)16(10)17-15(20)8-13(18(17)21)7-12-3-4-22-9-12/h5-6,12-13,17H,3-4,7-9H2,1-2H3. The number of ether oxygens (including phenoxy) is 1. The summed E-state index contributed by atoms with van der Waals surface area (Å²) in [6.45, 7) is 4.98. The Labute approximate surface area is 129 Å². The van der Waals surface area contributed by atoms with Crippen LogP contribution < -0.4 is 0 Å². The molecule has 0 amide bonds. The number of hydrogen-bond acceptors (Lipinski definition) is 3. The summed E-state index contributed by atoms with van der Waals surface area (Å²) < 4.78 is 18.8. The van der Waals surface area contributed by atoms with Crippen LogP contribution in [0.15, 0.2) is 12.1 Å². The fourth-order valence-electron chi connectivity index (χ4n) is 3.91. The van der Waals surface area contributed by atoms with Gasteiger partial charge in [-0.15, -0.1) is 0 Å². The summed E-state index contributed by atoms with van der Waals surface area (Å²) in [7, 11) is 0. The van der Waals surface area contributed by atoms with Gasteiger partial charge in [0.05, 0.1) is 0 Å². The smallest absolute Gasteiger partial charge is 0.151 e. The Bertz CT molecular complexity index is 594. The summed E-state index contributed by atoms with van der Waals surface area (Å²) in [5.41, 5.74) is 2.09. The molecule has 1 saturated carbocycles. The van der Waals surface area contributed by atoms with Crippen molar-refractivity contribution < 1.29 is 18.7 Å². The highest BCUT2D eigenvalue weighted by atomic mass is 19.1. The molecule has 3 unspecified atom stereocenters. The Morgan fingerprint density at radius 2 is 1.91 bits per heavy atom. The highest BCUT2D eigenvalue weighted by Gasteiger charge is 2.44. The van der Waals surface area contributed by atoms with Gasteiger partial charge in [-0.25, -0.2) is 4.39 Å². The summed E-state index contributed by atoms with van der Waals surface area (Å²) in [4.78, 5) is 25.2. The van der Waals surface area contributed by atoms with Crippen LogP contribution in [0.3, 0.4) is 0 Å². The van der Waals surface area contributed by atoms with Crippen LogP contribution in [0.5, 0.6) is 0 Å². The Balaban J connectivity index is 1.85. The number of ketones is 2. The third-order valence-electron chi connectivity index (χ3n) is 4.95. The molecular weight excluding hydrogens is 283 g/mol. The van der Waals surface area contributed by atoms with Crippen LogP contribution in [0, 0.1) is 31.5 Å². The van der Waals surface area contributed by atoms with Crippen molar-refractivity contribution in [3.05, 3.63) is 34.6 Å². The van der Waals surface area contributed by atoms with Gasteiger partial charge in [-0.2, -0.15) is 0 Å². The molecule has 22 heavy (non-hydrogen) atoms. The highest BCUT2D eigenvalue weighted by molar-refractivity contribution is 6.14. The first-order chi connectivity index (χ1) is 10.5. The first kappa shape index (κ1) is 15.3. The van der Waals surface area contributed by atoms with E-state index in [9.17, 15) is 14.0 Å². The van der Waals surface area contributed by atoms with E-state index in [1.807, 2.05) is 0 Å². The third kappa shape index (κ3) is 2.72. The number of carbonyl (C=O) groups excluding carboxylic acids is 2. The maximum atomic E-state index is 13.5. The molecule has 0 N–H and O–H groups in total. The molecule has 3 atom stereocenters. The van der Waals surface area contributed by atoms with Crippen molar-refractivity contribution in [2.45, 2.75) is 39.0 Å². The normalized spacial score (nSPS) is 28.6. The van der Waals surface area contributed by atoms with E-state index in [1.54, 1.807) is 13.8 Å². The minimum Gasteiger partial charge on any atom is -0.381 e. The van der Waals surface area contributed by atoms with Crippen molar-refractivity contribution in [2.75, 3.05) is 13.2 Å². The molecule has 118 valence electrons. The van der Waals surface area contributed by atoms with Crippen LogP contribution in [-0.2, 0) is 14.3 Å². The first-order valence-corrected chi connectivity index (χ1v) is 7.88. The van der Waals surface area contributed by atoms with E-state index in [2.05, 4.69) is 0 Å². The van der Waals surface area contributed by atoms with Crippen molar-refractivity contribution in [2.24, 2.45) is 11.8 Å². The average Bonchev–Trinajstić information content (AvgIpc) is 3.02. The lowest BCUT2D eigenvalue weighted by molar-refractivity contribution is -0.125. The van der Waals surface area contributed by atoms with E-state index in [1.165, 1.54) is 12.1 Å². The van der Waals surface area contributed by atoms with Gasteiger partial charge in [-0.05, 0) is 61.4 Å². The van der Waals surface area contributed by atoms with E-state index < -0.39 is 5.92 Å². The number of hydrogen-bond donors (Lipinski definition) is 0. The van der Waals surface area contributed by atoms with Crippen LogP contribution in [0.4, 0.5) is 4.39 Å². The molecule has 1 aliphatic carbocycles. The number of benzene rings is 1. The minimum atomic E-state index is -0.701. The van der Waals surface area contributed by atoms with Gasteiger partial charge in [0.15, 0.2) is 5.78 Å². The maximum Gasteiger partial charge on any atom is 0.151 e. The quantitative estimate of drug-likeness (QED) is 0.806. The fourth-order valence-corrected chi connectivity index (χ4v) is 3.91. The second kappa shape index (κ2) is 5.92. The molecule has 0 aromatic heterocycles. The van der Waals surface area contributed by atoms with Crippen LogP contribution in [0.2, 0.25) is 0 Å². The SMILES string of the molecule is Cc1cc(F)cc(C)c1C1C(=O)CC(CC2CCOC2)C1=O. The summed E-state index contributed by atoms with van der Waals surface area (Å²) in [5, 5.41) is 0. The Kier molecular flexibility index (Phi) is 4.13. The predicted molar refractivity (Wildman–Crippen MR) is 80.3 cm³/mol. The zero-order valence-corrected chi connectivity index (χ0v) is 13.0. The molecule has 2 fully saturated rings. The van der Waals surface area contributed by atoms with Gasteiger partial charge in [0.25, 0.3) is 0 Å².